The van der Waals surface area contributed by atoms with Crippen molar-refractivity contribution in [2.75, 3.05) is 17.7 Å². The Kier molecular flexibility index (Phi) is 4.21. The van der Waals surface area contributed by atoms with Gasteiger partial charge in [0, 0.05) is 12.7 Å². The minimum absolute atomic E-state index is 0.268. The van der Waals surface area contributed by atoms with Gasteiger partial charge in [-0.05, 0) is 43.2 Å². The Morgan fingerprint density at radius 3 is 2.48 bits per heavy atom. The normalized spacial score (nSPS) is 10.3. The van der Waals surface area contributed by atoms with Crippen LogP contribution in [-0.2, 0) is 0 Å². The van der Waals surface area contributed by atoms with Gasteiger partial charge in [-0.1, -0.05) is 12.1 Å². The van der Waals surface area contributed by atoms with E-state index in [4.69, 9.17) is 0 Å². The highest BCUT2D eigenvalue weighted by atomic mass is 19.1. The first-order valence-corrected chi connectivity index (χ1v) is 6.48. The van der Waals surface area contributed by atoms with Gasteiger partial charge < -0.3 is 10.6 Å². The van der Waals surface area contributed by atoms with Crippen molar-refractivity contribution in [3.63, 3.8) is 0 Å². The van der Waals surface area contributed by atoms with Crippen LogP contribution in [0.3, 0.4) is 0 Å². The summed E-state index contributed by atoms with van der Waals surface area (Å²) >= 11 is 0. The summed E-state index contributed by atoms with van der Waals surface area (Å²) in [5.74, 6) is -2.13. The first-order valence-electron chi connectivity index (χ1n) is 6.48. The van der Waals surface area contributed by atoms with Gasteiger partial charge in [0.05, 0.1) is 5.56 Å². The molecule has 2 N–H and O–H groups in total. The zero-order chi connectivity index (χ0) is 15.6. The molecule has 0 radical (unpaired) electrons. The third-order valence-electron chi connectivity index (χ3n) is 3.21. The number of rotatable bonds is 3. The number of carbonyl (C=O) groups excluding carboxylic acids is 1. The second-order valence-corrected chi connectivity index (χ2v) is 4.81. The number of hydrogen-bond donors (Lipinski definition) is 2. The topological polar surface area (TPSA) is 41.1 Å². The molecule has 0 heterocycles. The van der Waals surface area contributed by atoms with Crippen molar-refractivity contribution in [3.05, 3.63) is 58.7 Å². The first kappa shape index (κ1) is 15.0. The number of anilines is 2. The zero-order valence-electron chi connectivity index (χ0n) is 12.1. The number of aryl methyl sites for hydroxylation is 2. The van der Waals surface area contributed by atoms with Gasteiger partial charge >= 0.3 is 0 Å². The minimum atomic E-state index is -0.801. The van der Waals surface area contributed by atoms with Crippen molar-refractivity contribution in [1.29, 1.82) is 0 Å². The second-order valence-electron chi connectivity index (χ2n) is 4.81. The van der Waals surface area contributed by atoms with Crippen molar-refractivity contribution in [3.8, 4) is 0 Å². The average molecular weight is 290 g/mol. The molecule has 0 aromatic heterocycles. The minimum Gasteiger partial charge on any atom is -0.387 e. The van der Waals surface area contributed by atoms with Crippen LogP contribution in [0.1, 0.15) is 21.5 Å². The molecular weight excluding hydrogens is 274 g/mol. The van der Waals surface area contributed by atoms with Gasteiger partial charge in [-0.3, -0.25) is 4.79 Å². The Morgan fingerprint density at radius 2 is 1.81 bits per heavy atom. The molecule has 5 heteroatoms. The number of hydrogen-bond acceptors (Lipinski definition) is 2. The van der Waals surface area contributed by atoms with E-state index in [1.165, 1.54) is 13.0 Å². The molecule has 0 atom stereocenters. The lowest BCUT2D eigenvalue weighted by Crippen LogP contribution is -2.16. The Morgan fingerprint density at radius 1 is 1.10 bits per heavy atom. The molecule has 0 bridgehead atoms. The molecule has 0 fully saturated rings. The highest BCUT2D eigenvalue weighted by Crippen LogP contribution is 2.24. The van der Waals surface area contributed by atoms with Gasteiger partial charge in [0.15, 0.2) is 5.82 Å². The van der Waals surface area contributed by atoms with Crippen LogP contribution in [0.4, 0.5) is 20.2 Å². The smallest absolute Gasteiger partial charge is 0.257 e. The van der Waals surface area contributed by atoms with Gasteiger partial charge in [-0.2, -0.15) is 0 Å². The lowest BCUT2D eigenvalue weighted by molar-refractivity contribution is 0.102. The molecule has 0 saturated heterocycles. The lowest BCUT2D eigenvalue weighted by atomic mass is 10.1. The summed E-state index contributed by atoms with van der Waals surface area (Å²) in [5.41, 5.74) is 1.74. The fraction of sp³-hybridized carbons (Fsp3) is 0.188. The van der Waals surface area contributed by atoms with E-state index in [9.17, 15) is 13.6 Å². The summed E-state index contributed by atoms with van der Waals surface area (Å²) in [6.07, 6.45) is 0. The highest BCUT2D eigenvalue weighted by Gasteiger charge is 2.17. The monoisotopic (exact) mass is 290 g/mol. The Balaban J connectivity index is 2.37. The van der Waals surface area contributed by atoms with E-state index >= 15 is 0 Å². The molecule has 0 aliphatic heterocycles. The molecule has 0 unspecified atom stereocenters. The average Bonchev–Trinajstić information content (AvgIpc) is 2.47. The molecule has 110 valence electrons. The summed E-state index contributed by atoms with van der Waals surface area (Å²) in [7, 11) is 1.68. The van der Waals surface area contributed by atoms with Crippen molar-refractivity contribution < 1.29 is 13.6 Å². The molecule has 2 aromatic rings. The molecule has 21 heavy (non-hydrogen) atoms. The standard InChI is InChI=1S/C16H16F2N2O/c1-9-4-6-11(13(8-9)19-3)16(21)20-15-12(17)7-5-10(2)14(15)18/h4-8,19H,1-3H3,(H,20,21). The lowest BCUT2D eigenvalue weighted by Gasteiger charge is -2.12. The SMILES string of the molecule is CNc1cc(C)ccc1C(=O)Nc1c(F)ccc(C)c1F. The molecule has 0 aliphatic carbocycles. The third-order valence-corrected chi connectivity index (χ3v) is 3.21. The molecule has 0 spiro atoms. The maximum atomic E-state index is 13.9. The second kappa shape index (κ2) is 5.91. The van der Waals surface area contributed by atoms with E-state index in [1.54, 1.807) is 25.2 Å². The number of carbonyl (C=O) groups is 1. The Labute approximate surface area is 122 Å². The predicted octanol–water partition coefficient (Wildman–Crippen LogP) is 3.88. The van der Waals surface area contributed by atoms with Crippen LogP contribution in [0.2, 0.25) is 0 Å². The van der Waals surface area contributed by atoms with Crippen LogP contribution in [0.5, 0.6) is 0 Å². The first-order chi connectivity index (χ1) is 9.93. The predicted molar refractivity (Wildman–Crippen MR) is 79.8 cm³/mol. The Hall–Kier alpha value is -2.43. The van der Waals surface area contributed by atoms with Crippen LogP contribution in [-0.4, -0.2) is 13.0 Å². The molecule has 2 rings (SSSR count). The summed E-state index contributed by atoms with van der Waals surface area (Å²) in [6.45, 7) is 3.40. The van der Waals surface area contributed by atoms with E-state index < -0.39 is 23.2 Å². The summed E-state index contributed by atoms with van der Waals surface area (Å²) in [5, 5.41) is 5.20. The summed E-state index contributed by atoms with van der Waals surface area (Å²) < 4.78 is 27.6. The van der Waals surface area contributed by atoms with E-state index in [2.05, 4.69) is 10.6 Å². The van der Waals surface area contributed by atoms with Crippen LogP contribution in [0, 0.1) is 25.5 Å². The zero-order valence-corrected chi connectivity index (χ0v) is 12.1. The summed E-state index contributed by atoms with van der Waals surface area (Å²) in [4.78, 5) is 12.2. The fourth-order valence-electron chi connectivity index (χ4n) is 2.02. The summed E-state index contributed by atoms with van der Waals surface area (Å²) in [6, 6.07) is 7.62. The van der Waals surface area contributed by atoms with Crippen LogP contribution < -0.4 is 10.6 Å². The van der Waals surface area contributed by atoms with Crippen molar-refractivity contribution in [1.82, 2.24) is 0 Å². The van der Waals surface area contributed by atoms with Gasteiger partial charge in [0.25, 0.3) is 5.91 Å². The molecule has 3 nitrogen and oxygen atoms in total. The van der Waals surface area contributed by atoms with Gasteiger partial charge in [-0.15, -0.1) is 0 Å². The fourth-order valence-corrected chi connectivity index (χ4v) is 2.02. The third kappa shape index (κ3) is 3.02. The molecule has 2 aromatic carbocycles. The maximum absolute atomic E-state index is 13.9. The van der Waals surface area contributed by atoms with Crippen molar-refractivity contribution in [2.45, 2.75) is 13.8 Å². The van der Waals surface area contributed by atoms with Crippen molar-refractivity contribution in [2.24, 2.45) is 0 Å². The quantitative estimate of drug-likeness (QED) is 0.900. The van der Waals surface area contributed by atoms with E-state index in [0.717, 1.165) is 11.6 Å². The van der Waals surface area contributed by atoms with Gasteiger partial charge in [0.1, 0.15) is 11.5 Å². The number of benzene rings is 2. The van der Waals surface area contributed by atoms with E-state index in [1.807, 2.05) is 6.92 Å². The molecule has 1 amide bonds. The largest absolute Gasteiger partial charge is 0.387 e. The number of nitrogens with one attached hydrogen (secondary N) is 2. The van der Waals surface area contributed by atoms with E-state index in [-0.39, 0.29) is 5.56 Å². The highest BCUT2D eigenvalue weighted by molar-refractivity contribution is 6.08. The maximum Gasteiger partial charge on any atom is 0.257 e. The molecule has 0 saturated carbocycles. The number of halogens is 2. The van der Waals surface area contributed by atoms with Crippen molar-refractivity contribution >= 4 is 17.3 Å². The van der Waals surface area contributed by atoms with Gasteiger partial charge in [0.2, 0.25) is 0 Å². The number of amides is 1. The van der Waals surface area contributed by atoms with Crippen LogP contribution in [0.25, 0.3) is 0 Å². The van der Waals surface area contributed by atoms with Crippen LogP contribution >= 0.6 is 0 Å². The Bertz CT molecular complexity index is 699. The van der Waals surface area contributed by atoms with Gasteiger partial charge in [-0.25, -0.2) is 8.78 Å². The molecular formula is C16H16F2N2O. The van der Waals surface area contributed by atoms with E-state index in [0.29, 0.717) is 11.3 Å². The van der Waals surface area contributed by atoms with Crippen LogP contribution in [0.15, 0.2) is 30.3 Å². The molecule has 0 aliphatic rings.